The summed E-state index contributed by atoms with van der Waals surface area (Å²) in [4.78, 5) is 13.0. The molecule has 0 aromatic heterocycles. The van der Waals surface area contributed by atoms with Crippen LogP contribution in [0.4, 0.5) is 0 Å². The van der Waals surface area contributed by atoms with E-state index in [1.54, 1.807) is 11.8 Å². The highest BCUT2D eigenvalue weighted by atomic mass is 79.9. The van der Waals surface area contributed by atoms with E-state index in [1.165, 1.54) is 4.90 Å². The summed E-state index contributed by atoms with van der Waals surface area (Å²) >= 11 is 5.23. The fraction of sp³-hybridized carbons (Fsp3) is 0.500. The molecule has 0 atom stereocenters. The fourth-order valence-electron chi connectivity index (χ4n) is 2.08. The molecule has 0 bridgehead atoms. The number of hydrogen-bond donors (Lipinski definition) is 2. The van der Waals surface area contributed by atoms with Gasteiger partial charge < -0.3 is 10.6 Å². The van der Waals surface area contributed by atoms with E-state index in [4.69, 9.17) is 0 Å². The summed E-state index contributed by atoms with van der Waals surface area (Å²) in [5.74, 6) is 0.992. The number of hydrogen-bond acceptors (Lipinski definition) is 3. The maximum Gasteiger partial charge on any atom is 0.221 e. The molecule has 19 heavy (non-hydrogen) atoms. The minimum absolute atomic E-state index is 0.173. The van der Waals surface area contributed by atoms with Crippen LogP contribution in [0.25, 0.3) is 0 Å². The molecule has 104 valence electrons. The van der Waals surface area contributed by atoms with Gasteiger partial charge in [-0.25, -0.2) is 0 Å². The zero-order valence-electron chi connectivity index (χ0n) is 10.8. The average molecular weight is 343 g/mol. The zero-order chi connectivity index (χ0) is 13.5. The molecular formula is C14H19BrN2OS. The second kappa shape index (κ2) is 7.92. The van der Waals surface area contributed by atoms with Crippen LogP contribution in [0, 0.1) is 0 Å². The second-order valence-electron chi connectivity index (χ2n) is 4.62. The van der Waals surface area contributed by atoms with Crippen LogP contribution in [-0.2, 0) is 4.79 Å². The van der Waals surface area contributed by atoms with Gasteiger partial charge in [0.2, 0.25) is 5.91 Å². The molecule has 1 heterocycles. The Morgan fingerprint density at radius 3 is 2.84 bits per heavy atom. The Hall–Kier alpha value is -0.520. The smallest absolute Gasteiger partial charge is 0.221 e. The zero-order valence-corrected chi connectivity index (χ0v) is 13.2. The van der Waals surface area contributed by atoms with Crippen LogP contribution in [0.15, 0.2) is 33.6 Å². The molecule has 1 aromatic carbocycles. The molecule has 0 saturated carbocycles. The lowest BCUT2D eigenvalue weighted by Gasteiger charge is -2.23. The number of nitrogens with one attached hydrogen (secondary N) is 2. The Balaban J connectivity index is 1.67. The minimum Gasteiger partial charge on any atom is -0.353 e. The van der Waals surface area contributed by atoms with E-state index in [0.717, 1.165) is 36.2 Å². The third kappa shape index (κ3) is 5.16. The lowest BCUT2D eigenvalue weighted by molar-refractivity contribution is -0.121. The summed E-state index contributed by atoms with van der Waals surface area (Å²) in [6.45, 7) is 2.02. The number of halogens is 1. The number of amides is 1. The van der Waals surface area contributed by atoms with Gasteiger partial charge in [-0.3, -0.25) is 4.79 Å². The van der Waals surface area contributed by atoms with Gasteiger partial charge in [-0.2, -0.15) is 0 Å². The van der Waals surface area contributed by atoms with Crippen molar-refractivity contribution < 1.29 is 4.79 Å². The molecule has 1 saturated heterocycles. The quantitative estimate of drug-likeness (QED) is 0.808. The predicted octanol–water partition coefficient (Wildman–Crippen LogP) is 2.80. The van der Waals surface area contributed by atoms with Crippen molar-refractivity contribution >= 4 is 33.6 Å². The Kier molecular flexibility index (Phi) is 6.20. The summed E-state index contributed by atoms with van der Waals surface area (Å²) in [7, 11) is 0. The number of piperidine rings is 1. The highest BCUT2D eigenvalue weighted by Crippen LogP contribution is 2.27. The molecule has 0 radical (unpaired) electrons. The van der Waals surface area contributed by atoms with Crippen LogP contribution in [0.2, 0.25) is 0 Å². The van der Waals surface area contributed by atoms with Crippen molar-refractivity contribution in [1.82, 2.24) is 10.6 Å². The topological polar surface area (TPSA) is 41.1 Å². The van der Waals surface area contributed by atoms with E-state index < -0.39 is 0 Å². The van der Waals surface area contributed by atoms with Gasteiger partial charge in [0, 0.05) is 27.6 Å². The number of carbonyl (C=O) groups excluding carboxylic acids is 1. The highest BCUT2D eigenvalue weighted by molar-refractivity contribution is 9.10. The fourth-order valence-corrected chi connectivity index (χ4v) is 3.60. The van der Waals surface area contributed by atoms with Crippen molar-refractivity contribution in [2.45, 2.75) is 30.2 Å². The summed E-state index contributed by atoms with van der Waals surface area (Å²) < 4.78 is 1.10. The average Bonchev–Trinajstić information content (AvgIpc) is 2.42. The largest absolute Gasteiger partial charge is 0.353 e. The lowest BCUT2D eigenvalue weighted by atomic mass is 10.1. The Labute approximate surface area is 127 Å². The van der Waals surface area contributed by atoms with Crippen LogP contribution in [0.3, 0.4) is 0 Å². The Morgan fingerprint density at radius 1 is 1.37 bits per heavy atom. The number of benzene rings is 1. The number of rotatable bonds is 5. The highest BCUT2D eigenvalue weighted by Gasteiger charge is 2.14. The molecule has 0 unspecified atom stereocenters. The Bertz CT molecular complexity index is 422. The van der Waals surface area contributed by atoms with Crippen LogP contribution >= 0.6 is 27.7 Å². The van der Waals surface area contributed by atoms with Crippen LogP contribution < -0.4 is 10.6 Å². The number of carbonyl (C=O) groups is 1. The minimum atomic E-state index is 0.173. The number of thioether (sulfide) groups is 1. The van der Waals surface area contributed by atoms with Gasteiger partial charge in [0.25, 0.3) is 0 Å². The first-order valence-electron chi connectivity index (χ1n) is 6.63. The lowest BCUT2D eigenvalue weighted by Crippen LogP contribution is -2.42. The predicted molar refractivity (Wildman–Crippen MR) is 83.5 cm³/mol. The van der Waals surface area contributed by atoms with Gasteiger partial charge in [0.05, 0.1) is 0 Å². The van der Waals surface area contributed by atoms with Crippen molar-refractivity contribution in [3.8, 4) is 0 Å². The van der Waals surface area contributed by atoms with Crippen molar-refractivity contribution in [1.29, 1.82) is 0 Å². The van der Waals surface area contributed by atoms with Crippen molar-refractivity contribution in [2.24, 2.45) is 0 Å². The SMILES string of the molecule is O=C(CCSc1ccccc1Br)NC1CCNCC1. The molecule has 0 spiro atoms. The molecule has 1 amide bonds. The molecule has 1 aliphatic heterocycles. The van der Waals surface area contributed by atoms with Gasteiger partial charge in [0.1, 0.15) is 0 Å². The van der Waals surface area contributed by atoms with E-state index in [1.807, 2.05) is 18.2 Å². The van der Waals surface area contributed by atoms with Crippen LogP contribution in [0.5, 0.6) is 0 Å². The summed E-state index contributed by atoms with van der Waals surface area (Å²) in [5.41, 5.74) is 0. The van der Waals surface area contributed by atoms with Crippen molar-refractivity contribution in [3.63, 3.8) is 0 Å². The van der Waals surface area contributed by atoms with E-state index >= 15 is 0 Å². The first-order valence-corrected chi connectivity index (χ1v) is 8.41. The van der Waals surface area contributed by atoms with E-state index in [9.17, 15) is 4.79 Å². The molecule has 3 nitrogen and oxygen atoms in total. The molecule has 0 aliphatic carbocycles. The Morgan fingerprint density at radius 2 is 2.11 bits per heavy atom. The maximum atomic E-state index is 11.8. The van der Waals surface area contributed by atoms with Gasteiger partial charge in [-0.05, 0) is 54.0 Å². The van der Waals surface area contributed by atoms with Crippen LogP contribution in [0.1, 0.15) is 19.3 Å². The third-order valence-electron chi connectivity index (χ3n) is 3.13. The maximum absolute atomic E-state index is 11.8. The summed E-state index contributed by atoms with van der Waals surface area (Å²) in [6, 6.07) is 8.47. The van der Waals surface area contributed by atoms with E-state index in [-0.39, 0.29) is 5.91 Å². The van der Waals surface area contributed by atoms with E-state index in [2.05, 4.69) is 32.6 Å². The summed E-state index contributed by atoms with van der Waals surface area (Å²) in [5, 5.41) is 6.41. The molecule has 1 aromatic rings. The van der Waals surface area contributed by atoms with Crippen molar-refractivity contribution in [2.75, 3.05) is 18.8 Å². The second-order valence-corrected chi connectivity index (χ2v) is 6.61. The first kappa shape index (κ1) is 14.9. The molecular weight excluding hydrogens is 324 g/mol. The standard InChI is InChI=1S/C14H19BrN2OS/c15-12-3-1-2-4-13(12)19-10-7-14(18)17-11-5-8-16-9-6-11/h1-4,11,16H,5-10H2,(H,17,18). The van der Waals surface area contributed by atoms with Crippen LogP contribution in [-0.4, -0.2) is 30.8 Å². The van der Waals surface area contributed by atoms with Crippen molar-refractivity contribution in [3.05, 3.63) is 28.7 Å². The van der Waals surface area contributed by atoms with E-state index in [0.29, 0.717) is 12.5 Å². The molecule has 1 aliphatic rings. The van der Waals surface area contributed by atoms with Gasteiger partial charge in [-0.1, -0.05) is 12.1 Å². The molecule has 1 fully saturated rings. The van der Waals surface area contributed by atoms with Gasteiger partial charge >= 0.3 is 0 Å². The molecule has 2 N–H and O–H groups in total. The normalized spacial score (nSPS) is 16.3. The van der Waals surface area contributed by atoms with Gasteiger partial charge in [-0.15, -0.1) is 11.8 Å². The third-order valence-corrected chi connectivity index (χ3v) is 5.16. The first-order chi connectivity index (χ1) is 9.25. The van der Waals surface area contributed by atoms with Gasteiger partial charge in [0.15, 0.2) is 0 Å². The monoisotopic (exact) mass is 342 g/mol. The molecule has 5 heteroatoms. The summed E-state index contributed by atoms with van der Waals surface area (Å²) in [6.07, 6.45) is 2.67. The molecule has 2 rings (SSSR count).